The Hall–Kier alpha value is -8.20. The Morgan fingerprint density at radius 1 is 0.242 bits per heavy atom. The molecule has 0 radical (unpaired) electrons. The smallest absolute Gasteiger partial charge is 0.0546 e. The van der Waals surface area contributed by atoms with E-state index < -0.39 is 0 Å². The summed E-state index contributed by atoms with van der Waals surface area (Å²) in [6.45, 7) is 0. The van der Waals surface area contributed by atoms with E-state index in [1.165, 1.54) is 71.9 Å². The van der Waals surface area contributed by atoms with Crippen molar-refractivity contribution in [3.05, 3.63) is 255 Å². The van der Waals surface area contributed by atoms with Gasteiger partial charge >= 0.3 is 0 Å². The van der Waals surface area contributed by atoms with E-state index in [2.05, 4.69) is 264 Å². The molecular formula is C60H42N2. The Labute approximate surface area is 362 Å². The van der Waals surface area contributed by atoms with E-state index in [1.807, 2.05) is 0 Å². The molecule has 0 fully saturated rings. The van der Waals surface area contributed by atoms with Crippen LogP contribution in [0.4, 0.5) is 17.1 Å². The number of para-hydroxylation sites is 2. The molecule has 0 saturated carbocycles. The lowest BCUT2D eigenvalue weighted by Gasteiger charge is -2.26. The fourth-order valence-electron chi connectivity index (χ4n) is 9.02. The van der Waals surface area contributed by atoms with Crippen LogP contribution in [-0.2, 0) is 0 Å². The molecule has 0 saturated heterocycles. The van der Waals surface area contributed by atoms with Gasteiger partial charge in [0.1, 0.15) is 0 Å². The lowest BCUT2D eigenvalue weighted by atomic mass is 9.92. The summed E-state index contributed by atoms with van der Waals surface area (Å²) in [5, 5.41) is 2.51. The third-order valence-corrected chi connectivity index (χ3v) is 12.0. The predicted molar refractivity (Wildman–Crippen MR) is 263 cm³/mol. The fraction of sp³-hybridized carbons (Fsp3) is 0. The number of aromatic nitrogens is 1. The van der Waals surface area contributed by atoms with Crippen molar-refractivity contribution in [2.45, 2.75) is 0 Å². The van der Waals surface area contributed by atoms with E-state index in [0.29, 0.717) is 0 Å². The van der Waals surface area contributed by atoms with Crippen LogP contribution in [0, 0.1) is 0 Å². The van der Waals surface area contributed by atoms with E-state index >= 15 is 0 Å². The minimum atomic E-state index is 1.08. The Bertz CT molecular complexity index is 3220. The molecule has 0 bridgehead atoms. The normalized spacial score (nSPS) is 11.2. The van der Waals surface area contributed by atoms with Gasteiger partial charge in [0.25, 0.3) is 0 Å². The van der Waals surface area contributed by atoms with E-state index in [4.69, 9.17) is 0 Å². The lowest BCUT2D eigenvalue weighted by Crippen LogP contribution is -2.09. The zero-order valence-electron chi connectivity index (χ0n) is 34.1. The molecular weight excluding hydrogens is 749 g/mol. The summed E-state index contributed by atoms with van der Waals surface area (Å²) >= 11 is 0. The molecule has 0 spiro atoms. The quantitative estimate of drug-likeness (QED) is 0.141. The van der Waals surface area contributed by atoms with Crippen molar-refractivity contribution < 1.29 is 0 Å². The summed E-state index contributed by atoms with van der Waals surface area (Å²) in [5.74, 6) is 0. The zero-order chi connectivity index (χ0) is 41.2. The first-order chi connectivity index (χ1) is 30.8. The van der Waals surface area contributed by atoms with E-state index in [1.54, 1.807) is 0 Å². The number of fused-ring (bicyclic) bond motifs is 3. The van der Waals surface area contributed by atoms with Gasteiger partial charge in [-0.25, -0.2) is 0 Å². The molecule has 0 aliphatic carbocycles. The zero-order valence-corrected chi connectivity index (χ0v) is 34.1. The van der Waals surface area contributed by atoms with Crippen molar-refractivity contribution in [1.82, 2.24) is 4.57 Å². The molecule has 2 heteroatoms. The molecule has 0 aliphatic rings. The Kier molecular flexibility index (Phi) is 9.57. The molecule has 292 valence electrons. The molecule has 0 atom stereocenters. The van der Waals surface area contributed by atoms with Crippen molar-refractivity contribution in [2.75, 3.05) is 4.90 Å². The van der Waals surface area contributed by atoms with Gasteiger partial charge in [-0.15, -0.1) is 0 Å². The molecule has 0 amide bonds. The van der Waals surface area contributed by atoms with Crippen molar-refractivity contribution in [3.8, 4) is 61.3 Å². The summed E-state index contributed by atoms with van der Waals surface area (Å²) in [4.78, 5) is 2.35. The second kappa shape index (κ2) is 16.1. The third-order valence-electron chi connectivity index (χ3n) is 12.0. The molecule has 2 nitrogen and oxygen atoms in total. The Balaban J connectivity index is 1.00. The van der Waals surface area contributed by atoms with Gasteiger partial charge in [0, 0.05) is 33.4 Å². The number of rotatable bonds is 9. The van der Waals surface area contributed by atoms with Crippen LogP contribution in [0.15, 0.2) is 255 Å². The lowest BCUT2D eigenvalue weighted by molar-refractivity contribution is 1.18. The highest BCUT2D eigenvalue weighted by Gasteiger charge is 2.20. The highest BCUT2D eigenvalue weighted by Crippen LogP contribution is 2.43. The Morgan fingerprint density at radius 3 is 1.02 bits per heavy atom. The summed E-state index contributed by atoms with van der Waals surface area (Å²) in [5.41, 5.74) is 18.7. The molecule has 62 heavy (non-hydrogen) atoms. The number of anilines is 3. The van der Waals surface area contributed by atoms with Crippen molar-refractivity contribution >= 4 is 38.9 Å². The van der Waals surface area contributed by atoms with Crippen LogP contribution >= 0.6 is 0 Å². The minimum absolute atomic E-state index is 1.08. The number of nitrogens with zero attached hydrogens (tertiary/aromatic N) is 2. The standard InChI is InChI=1S/C60H42N2/c1-4-15-43(16-5-1)45-27-29-46(30-28-45)48-33-39-52(40-34-48)61(51-37-31-47(32-38-51)44-17-6-2-7-18-44)53-41-35-49(36-42-53)54-23-14-26-59(60(54)50-19-8-3-9-20-50)62-57-24-12-10-21-55(57)56-22-11-13-25-58(56)62/h1-42H. The molecule has 0 unspecified atom stereocenters. The van der Waals surface area contributed by atoms with Crippen LogP contribution in [0.3, 0.4) is 0 Å². The first kappa shape index (κ1) is 36.8. The monoisotopic (exact) mass is 790 g/mol. The topological polar surface area (TPSA) is 8.17 Å². The molecule has 1 heterocycles. The van der Waals surface area contributed by atoms with Gasteiger partial charge in [0.2, 0.25) is 0 Å². The summed E-state index contributed by atoms with van der Waals surface area (Å²) in [7, 11) is 0. The van der Waals surface area contributed by atoms with Gasteiger partial charge < -0.3 is 9.47 Å². The molecule has 10 aromatic carbocycles. The number of hydrogen-bond donors (Lipinski definition) is 0. The molecule has 11 aromatic rings. The Morgan fingerprint density at radius 2 is 0.581 bits per heavy atom. The highest BCUT2D eigenvalue weighted by atomic mass is 15.1. The molecule has 0 aliphatic heterocycles. The number of benzene rings is 10. The average molecular weight is 791 g/mol. The van der Waals surface area contributed by atoms with Crippen molar-refractivity contribution in [1.29, 1.82) is 0 Å². The maximum absolute atomic E-state index is 2.44. The van der Waals surface area contributed by atoms with E-state index in [0.717, 1.165) is 28.3 Å². The SMILES string of the molecule is c1ccc(-c2ccc(-c3ccc(N(c4ccc(-c5ccccc5)cc4)c4ccc(-c5cccc(-n6c7ccccc7c7ccccc76)c5-c5ccccc5)cc4)cc3)cc2)cc1. The van der Waals surface area contributed by atoms with Gasteiger partial charge in [-0.3, -0.25) is 0 Å². The van der Waals surface area contributed by atoms with Crippen LogP contribution in [0.2, 0.25) is 0 Å². The summed E-state index contributed by atoms with van der Waals surface area (Å²) < 4.78 is 2.44. The number of hydrogen-bond acceptors (Lipinski definition) is 1. The predicted octanol–water partition coefficient (Wildman–Crippen LogP) is 16.6. The molecule has 11 rings (SSSR count). The van der Waals surface area contributed by atoms with Crippen LogP contribution < -0.4 is 4.90 Å². The molecule has 0 N–H and O–H groups in total. The second-order valence-corrected chi connectivity index (χ2v) is 15.7. The van der Waals surface area contributed by atoms with Gasteiger partial charge in [0.05, 0.1) is 16.7 Å². The van der Waals surface area contributed by atoms with E-state index in [9.17, 15) is 0 Å². The van der Waals surface area contributed by atoms with Crippen LogP contribution in [0.1, 0.15) is 0 Å². The highest BCUT2D eigenvalue weighted by molar-refractivity contribution is 6.10. The van der Waals surface area contributed by atoms with Gasteiger partial charge in [-0.1, -0.05) is 200 Å². The van der Waals surface area contributed by atoms with Gasteiger partial charge in [-0.05, 0) is 105 Å². The minimum Gasteiger partial charge on any atom is -0.311 e. The largest absolute Gasteiger partial charge is 0.311 e. The first-order valence-electron chi connectivity index (χ1n) is 21.3. The van der Waals surface area contributed by atoms with Crippen LogP contribution in [0.5, 0.6) is 0 Å². The van der Waals surface area contributed by atoms with Crippen molar-refractivity contribution in [2.24, 2.45) is 0 Å². The summed E-state index contributed by atoms with van der Waals surface area (Å²) in [6.07, 6.45) is 0. The fourth-order valence-corrected chi connectivity index (χ4v) is 9.02. The molecule has 1 aromatic heterocycles. The van der Waals surface area contributed by atoms with Gasteiger partial charge in [0.15, 0.2) is 0 Å². The van der Waals surface area contributed by atoms with Gasteiger partial charge in [-0.2, -0.15) is 0 Å². The third kappa shape index (κ3) is 6.84. The maximum atomic E-state index is 2.44. The maximum Gasteiger partial charge on any atom is 0.0546 e. The second-order valence-electron chi connectivity index (χ2n) is 15.7. The van der Waals surface area contributed by atoms with E-state index in [-0.39, 0.29) is 0 Å². The average Bonchev–Trinajstić information content (AvgIpc) is 3.70. The van der Waals surface area contributed by atoms with Crippen molar-refractivity contribution in [3.63, 3.8) is 0 Å². The van der Waals surface area contributed by atoms with Crippen LogP contribution in [0.25, 0.3) is 83.1 Å². The summed E-state index contributed by atoms with van der Waals surface area (Å²) in [6, 6.07) is 92.0. The first-order valence-corrected chi connectivity index (χ1v) is 21.3. The van der Waals surface area contributed by atoms with Crippen LogP contribution in [-0.4, -0.2) is 4.57 Å².